The van der Waals surface area contributed by atoms with Gasteiger partial charge in [-0.15, -0.1) is 0 Å². The van der Waals surface area contributed by atoms with Crippen molar-refractivity contribution in [3.05, 3.63) is 23.0 Å². The van der Waals surface area contributed by atoms with Gasteiger partial charge in [-0.2, -0.15) is 0 Å². The second-order valence-corrected chi connectivity index (χ2v) is 7.14. The molecule has 21 heavy (non-hydrogen) atoms. The molecule has 1 fully saturated rings. The lowest BCUT2D eigenvalue weighted by atomic mass is 10.3. The fourth-order valence-electron chi connectivity index (χ4n) is 2.35. The molecule has 0 radical (unpaired) electrons. The summed E-state index contributed by atoms with van der Waals surface area (Å²) in [5.41, 5.74) is 0.0430. The minimum Gasteiger partial charge on any atom is -0.325 e. The van der Waals surface area contributed by atoms with Crippen LogP contribution in [0.5, 0.6) is 0 Å². The average Bonchev–Trinajstić information content (AvgIpc) is 2.84. The largest absolute Gasteiger partial charge is 0.325 e. The Kier molecular flexibility index (Phi) is 4.85. The number of hydrogen-bond donors (Lipinski definition) is 2. The minimum absolute atomic E-state index is 0.0293. The summed E-state index contributed by atoms with van der Waals surface area (Å²) in [6.07, 6.45) is 3.41. The highest BCUT2D eigenvalue weighted by molar-refractivity contribution is 7.89. The van der Waals surface area contributed by atoms with Crippen LogP contribution in [0.15, 0.2) is 17.0 Å². The van der Waals surface area contributed by atoms with Crippen molar-refractivity contribution in [1.82, 2.24) is 4.72 Å². The SMILES string of the molecule is CC(=O)Nc1cc(F)c(S(=O)(=O)NC2CCCC2)cc1Cl. The maximum absolute atomic E-state index is 14.0. The Hall–Kier alpha value is -1.18. The van der Waals surface area contributed by atoms with E-state index in [0.717, 1.165) is 37.8 Å². The molecule has 1 aliphatic rings. The molecule has 0 heterocycles. The van der Waals surface area contributed by atoms with Crippen molar-refractivity contribution in [3.8, 4) is 0 Å². The highest BCUT2D eigenvalue weighted by Crippen LogP contribution is 2.29. The van der Waals surface area contributed by atoms with Gasteiger partial charge < -0.3 is 5.32 Å². The molecule has 1 aromatic carbocycles. The quantitative estimate of drug-likeness (QED) is 0.888. The standard InChI is InChI=1S/C13H16ClFN2O3S/c1-8(18)16-12-7-11(15)13(6-10(12)14)21(19,20)17-9-4-2-3-5-9/h6-7,9,17H,2-5H2,1H3,(H,16,18). The summed E-state index contributed by atoms with van der Waals surface area (Å²) in [7, 11) is -3.96. The molecule has 1 aromatic rings. The van der Waals surface area contributed by atoms with Gasteiger partial charge in [0.15, 0.2) is 0 Å². The van der Waals surface area contributed by atoms with E-state index in [4.69, 9.17) is 11.6 Å². The number of hydrogen-bond acceptors (Lipinski definition) is 3. The Labute approximate surface area is 127 Å². The number of nitrogens with one attached hydrogen (secondary N) is 2. The van der Waals surface area contributed by atoms with E-state index in [1.165, 1.54) is 6.92 Å². The molecule has 5 nitrogen and oxygen atoms in total. The molecule has 0 unspecified atom stereocenters. The Bertz CT molecular complexity index is 658. The number of halogens is 2. The van der Waals surface area contributed by atoms with Gasteiger partial charge in [-0.1, -0.05) is 24.4 Å². The smallest absolute Gasteiger partial charge is 0.243 e. The van der Waals surface area contributed by atoms with Crippen LogP contribution in [0, 0.1) is 5.82 Å². The number of amides is 1. The number of benzene rings is 1. The molecular weight excluding hydrogens is 319 g/mol. The molecule has 1 aliphatic carbocycles. The van der Waals surface area contributed by atoms with Gasteiger partial charge in [-0.25, -0.2) is 17.5 Å². The van der Waals surface area contributed by atoms with E-state index in [0.29, 0.717) is 0 Å². The van der Waals surface area contributed by atoms with Crippen molar-refractivity contribution in [3.63, 3.8) is 0 Å². The molecule has 0 bridgehead atoms. The third-order valence-electron chi connectivity index (χ3n) is 3.30. The predicted molar refractivity (Wildman–Crippen MR) is 78.3 cm³/mol. The van der Waals surface area contributed by atoms with Gasteiger partial charge in [-0.3, -0.25) is 4.79 Å². The fourth-order valence-corrected chi connectivity index (χ4v) is 4.01. The summed E-state index contributed by atoms with van der Waals surface area (Å²) < 4.78 is 40.9. The van der Waals surface area contributed by atoms with Crippen molar-refractivity contribution < 1.29 is 17.6 Å². The first-order chi connectivity index (χ1) is 9.79. The van der Waals surface area contributed by atoms with E-state index in [-0.39, 0.29) is 16.8 Å². The van der Waals surface area contributed by atoms with Gasteiger partial charge in [0.1, 0.15) is 10.7 Å². The van der Waals surface area contributed by atoms with Gasteiger partial charge in [0.2, 0.25) is 15.9 Å². The first-order valence-electron chi connectivity index (χ1n) is 6.58. The van der Waals surface area contributed by atoms with E-state index in [9.17, 15) is 17.6 Å². The molecule has 0 atom stereocenters. The molecule has 2 N–H and O–H groups in total. The van der Waals surface area contributed by atoms with Gasteiger partial charge in [0.05, 0.1) is 10.7 Å². The number of carbonyl (C=O) groups excluding carboxylic acids is 1. The zero-order valence-electron chi connectivity index (χ0n) is 11.4. The van der Waals surface area contributed by atoms with Crippen molar-refractivity contribution in [2.45, 2.75) is 43.5 Å². The lowest BCUT2D eigenvalue weighted by Crippen LogP contribution is -2.33. The lowest BCUT2D eigenvalue weighted by molar-refractivity contribution is -0.114. The maximum Gasteiger partial charge on any atom is 0.243 e. The monoisotopic (exact) mass is 334 g/mol. The summed E-state index contributed by atoms with van der Waals surface area (Å²) in [6.45, 7) is 1.25. The van der Waals surface area contributed by atoms with Crippen LogP contribution in [0.25, 0.3) is 0 Å². The lowest BCUT2D eigenvalue weighted by Gasteiger charge is -2.14. The van der Waals surface area contributed by atoms with Crippen LogP contribution in [-0.2, 0) is 14.8 Å². The fraction of sp³-hybridized carbons (Fsp3) is 0.462. The maximum atomic E-state index is 14.0. The summed E-state index contributed by atoms with van der Waals surface area (Å²) >= 11 is 5.89. The average molecular weight is 335 g/mol. The van der Waals surface area contributed by atoms with Crippen molar-refractivity contribution in [2.75, 3.05) is 5.32 Å². The highest BCUT2D eigenvalue weighted by Gasteiger charge is 2.26. The summed E-state index contributed by atoms with van der Waals surface area (Å²) in [4.78, 5) is 10.5. The second-order valence-electron chi connectivity index (χ2n) is 5.05. The van der Waals surface area contributed by atoms with E-state index in [1.807, 2.05) is 0 Å². The van der Waals surface area contributed by atoms with Gasteiger partial charge in [0.25, 0.3) is 0 Å². The molecule has 0 aromatic heterocycles. The first kappa shape index (κ1) is 16.2. The molecule has 8 heteroatoms. The van der Waals surface area contributed by atoms with Crippen LogP contribution >= 0.6 is 11.6 Å². The van der Waals surface area contributed by atoms with E-state index >= 15 is 0 Å². The molecule has 0 saturated heterocycles. The Morgan fingerprint density at radius 2 is 1.95 bits per heavy atom. The van der Waals surface area contributed by atoms with Crippen LogP contribution in [-0.4, -0.2) is 20.4 Å². The highest BCUT2D eigenvalue weighted by atomic mass is 35.5. The Morgan fingerprint density at radius 3 is 2.52 bits per heavy atom. The van der Waals surface area contributed by atoms with Gasteiger partial charge in [0, 0.05) is 19.0 Å². The van der Waals surface area contributed by atoms with Gasteiger partial charge >= 0.3 is 0 Å². The summed E-state index contributed by atoms with van der Waals surface area (Å²) in [6, 6.07) is 1.76. The molecule has 0 aliphatic heterocycles. The normalized spacial score (nSPS) is 16.1. The van der Waals surface area contributed by atoms with Gasteiger partial charge in [-0.05, 0) is 18.9 Å². The number of anilines is 1. The van der Waals surface area contributed by atoms with Crippen LogP contribution in [0.2, 0.25) is 5.02 Å². The van der Waals surface area contributed by atoms with Crippen LogP contribution in [0.4, 0.5) is 10.1 Å². The number of sulfonamides is 1. The zero-order chi connectivity index (χ0) is 15.6. The zero-order valence-corrected chi connectivity index (χ0v) is 13.0. The third-order valence-corrected chi connectivity index (χ3v) is 5.15. The molecule has 116 valence electrons. The summed E-state index contributed by atoms with van der Waals surface area (Å²) in [5.74, 6) is -1.37. The Morgan fingerprint density at radius 1 is 1.33 bits per heavy atom. The van der Waals surface area contributed by atoms with E-state index in [1.54, 1.807) is 0 Å². The van der Waals surface area contributed by atoms with Crippen LogP contribution in [0.3, 0.4) is 0 Å². The van der Waals surface area contributed by atoms with E-state index in [2.05, 4.69) is 10.0 Å². The van der Waals surface area contributed by atoms with Crippen LogP contribution < -0.4 is 10.0 Å². The van der Waals surface area contributed by atoms with Crippen molar-refractivity contribution in [2.24, 2.45) is 0 Å². The molecule has 2 rings (SSSR count). The first-order valence-corrected chi connectivity index (χ1v) is 8.44. The van der Waals surface area contributed by atoms with E-state index < -0.39 is 26.6 Å². The Balaban J connectivity index is 2.30. The molecule has 1 saturated carbocycles. The molecular formula is C13H16ClFN2O3S. The number of carbonyl (C=O) groups is 1. The van der Waals surface area contributed by atoms with Crippen molar-refractivity contribution >= 4 is 33.2 Å². The minimum atomic E-state index is -3.96. The van der Waals surface area contributed by atoms with Crippen LogP contribution in [0.1, 0.15) is 32.6 Å². The second kappa shape index (κ2) is 6.29. The summed E-state index contributed by atoms with van der Waals surface area (Å²) in [5, 5.41) is 2.31. The van der Waals surface area contributed by atoms with Crippen molar-refractivity contribution in [1.29, 1.82) is 0 Å². The number of rotatable bonds is 4. The molecule has 0 spiro atoms. The third kappa shape index (κ3) is 3.93. The molecule has 1 amide bonds. The predicted octanol–water partition coefficient (Wildman–Crippen LogP) is 2.66. The topological polar surface area (TPSA) is 75.3 Å².